The van der Waals surface area contributed by atoms with Gasteiger partial charge < -0.3 is 0 Å². The van der Waals surface area contributed by atoms with Crippen molar-refractivity contribution < 1.29 is 0 Å². The van der Waals surface area contributed by atoms with Gasteiger partial charge >= 0.3 is 0 Å². The number of thiazole rings is 1. The van der Waals surface area contributed by atoms with Crippen LogP contribution in [0.3, 0.4) is 0 Å². The second-order valence-electron chi connectivity index (χ2n) is 2.49. The van der Waals surface area contributed by atoms with Crippen molar-refractivity contribution in [2.45, 2.75) is 0 Å². The van der Waals surface area contributed by atoms with Crippen molar-refractivity contribution in [3.8, 4) is 16.6 Å². The maximum Gasteiger partial charge on any atom is 0.170 e. The Morgan fingerprint density at radius 1 is 1.36 bits per heavy atom. The van der Waals surface area contributed by atoms with Gasteiger partial charge in [-0.25, -0.2) is 4.98 Å². The molecule has 0 radical (unpaired) electrons. The second-order valence-corrected chi connectivity index (χ2v) is 4.09. The molecule has 0 aliphatic heterocycles. The summed E-state index contributed by atoms with van der Waals surface area (Å²) in [6, 6.07) is 5.60. The molecule has 0 saturated carbocycles. The number of pyridine rings is 1. The summed E-state index contributed by atoms with van der Waals surface area (Å²) in [4.78, 5) is 8.00. The van der Waals surface area contributed by atoms with Crippen LogP contribution in [0.25, 0.3) is 10.6 Å². The molecule has 0 bridgehead atoms. The quantitative estimate of drug-likeness (QED) is 0.744. The Bertz CT molecular complexity index is 487. The van der Waals surface area contributed by atoms with Crippen LogP contribution in [0.2, 0.25) is 4.34 Å². The minimum atomic E-state index is 0.281. The number of halogens is 1. The van der Waals surface area contributed by atoms with Gasteiger partial charge in [-0.05, 0) is 12.1 Å². The lowest BCUT2D eigenvalue weighted by Gasteiger charge is -1.91. The van der Waals surface area contributed by atoms with Crippen LogP contribution in [-0.4, -0.2) is 9.97 Å². The number of nitrogens with zero attached hydrogens (tertiary/aromatic N) is 3. The predicted octanol–water partition coefficient (Wildman–Crippen LogP) is 2.73. The molecule has 0 N–H and O–H groups in total. The van der Waals surface area contributed by atoms with Gasteiger partial charge in [0.25, 0.3) is 0 Å². The SMILES string of the molecule is N#Cc1nc(-c2ccncc2)sc1Cl. The molecule has 2 rings (SSSR count). The highest BCUT2D eigenvalue weighted by atomic mass is 35.5. The molecule has 0 aliphatic carbocycles. The largest absolute Gasteiger partial charge is 0.265 e. The van der Waals surface area contributed by atoms with E-state index in [4.69, 9.17) is 16.9 Å². The summed E-state index contributed by atoms with van der Waals surface area (Å²) < 4.78 is 0.430. The maximum absolute atomic E-state index is 8.68. The highest BCUT2D eigenvalue weighted by molar-refractivity contribution is 7.19. The predicted molar refractivity (Wildman–Crippen MR) is 55.1 cm³/mol. The van der Waals surface area contributed by atoms with Crippen molar-refractivity contribution in [1.82, 2.24) is 9.97 Å². The van der Waals surface area contributed by atoms with Crippen molar-refractivity contribution in [2.75, 3.05) is 0 Å². The molecule has 14 heavy (non-hydrogen) atoms. The minimum Gasteiger partial charge on any atom is -0.265 e. The molecule has 2 heterocycles. The zero-order valence-electron chi connectivity index (χ0n) is 6.94. The van der Waals surface area contributed by atoms with Crippen LogP contribution in [0.5, 0.6) is 0 Å². The summed E-state index contributed by atoms with van der Waals surface area (Å²) in [7, 11) is 0. The molecule has 0 aromatic carbocycles. The first kappa shape index (κ1) is 9.13. The maximum atomic E-state index is 8.68. The van der Waals surface area contributed by atoms with Gasteiger partial charge in [0.05, 0.1) is 0 Å². The van der Waals surface area contributed by atoms with Crippen LogP contribution in [0, 0.1) is 11.3 Å². The Balaban J connectivity index is 2.50. The van der Waals surface area contributed by atoms with E-state index in [0.717, 1.165) is 10.6 Å². The number of hydrogen-bond donors (Lipinski definition) is 0. The molecule has 0 aliphatic rings. The summed E-state index contributed by atoms with van der Waals surface area (Å²) in [6.45, 7) is 0. The Kier molecular flexibility index (Phi) is 2.44. The lowest BCUT2D eigenvalue weighted by molar-refractivity contribution is 1.30. The van der Waals surface area contributed by atoms with E-state index >= 15 is 0 Å². The summed E-state index contributed by atoms with van der Waals surface area (Å²) in [5, 5.41) is 9.42. The van der Waals surface area contributed by atoms with Crippen LogP contribution in [0.1, 0.15) is 5.69 Å². The number of rotatable bonds is 1. The summed E-state index contributed by atoms with van der Waals surface area (Å²) in [5.41, 5.74) is 1.21. The summed E-state index contributed by atoms with van der Waals surface area (Å²) >= 11 is 7.11. The Hall–Kier alpha value is -1.44. The standard InChI is InChI=1S/C9H4ClN3S/c10-8-7(5-11)13-9(14-8)6-1-3-12-4-2-6/h1-4H. The molecule has 2 aromatic rings. The van der Waals surface area contributed by atoms with E-state index in [9.17, 15) is 0 Å². The fourth-order valence-corrected chi connectivity index (χ4v) is 2.04. The van der Waals surface area contributed by atoms with Crippen molar-refractivity contribution in [2.24, 2.45) is 0 Å². The van der Waals surface area contributed by atoms with Crippen LogP contribution in [0.4, 0.5) is 0 Å². The molecule has 0 fully saturated rings. The third-order valence-electron chi connectivity index (χ3n) is 1.62. The van der Waals surface area contributed by atoms with E-state index in [0.29, 0.717) is 4.34 Å². The fraction of sp³-hybridized carbons (Fsp3) is 0. The molecule has 0 amide bonds. The average molecular weight is 222 g/mol. The highest BCUT2D eigenvalue weighted by Crippen LogP contribution is 2.30. The van der Waals surface area contributed by atoms with Gasteiger partial charge in [-0.1, -0.05) is 11.6 Å². The fourth-order valence-electron chi connectivity index (χ4n) is 0.988. The molecule has 0 unspecified atom stereocenters. The minimum absolute atomic E-state index is 0.281. The topological polar surface area (TPSA) is 49.6 Å². The zero-order valence-corrected chi connectivity index (χ0v) is 8.51. The monoisotopic (exact) mass is 221 g/mol. The highest BCUT2D eigenvalue weighted by Gasteiger charge is 2.09. The normalized spacial score (nSPS) is 9.71. The van der Waals surface area contributed by atoms with E-state index in [1.165, 1.54) is 11.3 Å². The van der Waals surface area contributed by atoms with E-state index < -0.39 is 0 Å². The lowest BCUT2D eigenvalue weighted by atomic mass is 10.3. The lowest BCUT2D eigenvalue weighted by Crippen LogP contribution is -1.77. The van der Waals surface area contributed by atoms with Gasteiger partial charge in [-0.2, -0.15) is 5.26 Å². The Morgan fingerprint density at radius 2 is 2.07 bits per heavy atom. The van der Waals surface area contributed by atoms with Crippen LogP contribution < -0.4 is 0 Å². The van der Waals surface area contributed by atoms with Crippen molar-refractivity contribution in [3.63, 3.8) is 0 Å². The van der Waals surface area contributed by atoms with Crippen molar-refractivity contribution in [3.05, 3.63) is 34.6 Å². The molecule has 3 nitrogen and oxygen atoms in total. The van der Waals surface area contributed by atoms with E-state index in [1.54, 1.807) is 12.4 Å². The molecule has 0 saturated heterocycles. The van der Waals surface area contributed by atoms with Gasteiger partial charge in [0, 0.05) is 18.0 Å². The third kappa shape index (κ3) is 1.60. The molecular formula is C9H4ClN3S. The molecule has 68 valence electrons. The molecular weight excluding hydrogens is 218 g/mol. The van der Waals surface area contributed by atoms with E-state index in [1.807, 2.05) is 18.2 Å². The average Bonchev–Trinajstić information content (AvgIpc) is 2.61. The van der Waals surface area contributed by atoms with E-state index in [2.05, 4.69) is 9.97 Å². The summed E-state index contributed by atoms with van der Waals surface area (Å²) in [5.74, 6) is 0. The summed E-state index contributed by atoms with van der Waals surface area (Å²) in [6.07, 6.45) is 3.35. The second kappa shape index (κ2) is 3.74. The smallest absolute Gasteiger partial charge is 0.170 e. The Morgan fingerprint density at radius 3 is 2.64 bits per heavy atom. The van der Waals surface area contributed by atoms with Crippen molar-refractivity contribution in [1.29, 1.82) is 5.26 Å². The first-order valence-corrected chi connectivity index (χ1v) is 4.97. The first-order chi connectivity index (χ1) is 6.81. The molecule has 5 heteroatoms. The van der Waals surface area contributed by atoms with Gasteiger partial charge in [0.2, 0.25) is 0 Å². The van der Waals surface area contributed by atoms with Gasteiger partial charge in [0.15, 0.2) is 5.69 Å². The van der Waals surface area contributed by atoms with Gasteiger partial charge in [-0.3, -0.25) is 4.98 Å². The van der Waals surface area contributed by atoms with Crippen molar-refractivity contribution >= 4 is 22.9 Å². The third-order valence-corrected chi connectivity index (χ3v) is 2.92. The Labute approximate surface area is 89.6 Å². The number of aromatic nitrogens is 2. The van der Waals surface area contributed by atoms with Gasteiger partial charge in [0.1, 0.15) is 15.4 Å². The molecule has 2 aromatic heterocycles. The number of nitriles is 1. The van der Waals surface area contributed by atoms with E-state index in [-0.39, 0.29) is 5.69 Å². The zero-order chi connectivity index (χ0) is 9.97. The molecule has 0 atom stereocenters. The number of hydrogen-bond acceptors (Lipinski definition) is 4. The molecule has 0 spiro atoms. The van der Waals surface area contributed by atoms with Gasteiger partial charge in [-0.15, -0.1) is 11.3 Å². The van der Waals surface area contributed by atoms with Crippen LogP contribution >= 0.6 is 22.9 Å². The van der Waals surface area contributed by atoms with Crippen LogP contribution in [0.15, 0.2) is 24.5 Å². The first-order valence-electron chi connectivity index (χ1n) is 3.78. The van der Waals surface area contributed by atoms with Crippen LogP contribution in [-0.2, 0) is 0 Å².